The van der Waals surface area contributed by atoms with E-state index in [2.05, 4.69) is 14.7 Å². The molecular formula is C17H18N4O4S. The van der Waals surface area contributed by atoms with Gasteiger partial charge in [-0.05, 0) is 30.3 Å². The van der Waals surface area contributed by atoms with Crippen LogP contribution in [0.1, 0.15) is 0 Å². The number of methoxy groups -OCH3 is 2. The van der Waals surface area contributed by atoms with Gasteiger partial charge < -0.3 is 14.4 Å². The van der Waals surface area contributed by atoms with Crippen molar-refractivity contribution in [3.05, 3.63) is 42.7 Å². The number of benzene rings is 2. The van der Waals surface area contributed by atoms with Gasteiger partial charge in [-0.25, -0.2) is 14.2 Å². The zero-order valence-electron chi connectivity index (χ0n) is 14.5. The largest absolute Gasteiger partial charge is 0.493 e. The Hall–Kier alpha value is -2.91. The SMILES string of the molecule is COc1cc2ncnc(N(C)c3ccc(NS(=O)O)cc3)c2cc1OC. The molecule has 3 aromatic rings. The van der Waals surface area contributed by atoms with Crippen LogP contribution in [-0.4, -0.2) is 40.0 Å². The summed E-state index contributed by atoms with van der Waals surface area (Å²) in [5.74, 6) is 1.89. The number of ether oxygens (including phenoxy) is 2. The maximum atomic E-state index is 10.8. The van der Waals surface area contributed by atoms with Crippen molar-refractivity contribution in [2.75, 3.05) is 30.9 Å². The Balaban J connectivity index is 2.02. The first-order valence-corrected chi connectivity index (χ1v) is 8.72. The van der Waals surface area contributed by atoms with E-state index in [0.29, 0.717) is 23.0 Å². The van der Waals surface area contributed by atoms with Gasteiger partial charge in [0, 0.05) is 29.9 Å². The third-order valence-electron chi connectivity index (χ3n) is 3.90. The van der Waals surface area contributed by atoms with Crippen LogP contribution in [0.5, 0.6) is 11.5 Å². The van der Waals surface area contributed by atoms with Crippen LogP contribution in [0.15, 0.2) is 42.7 Å². The summed E-state index contributed by atoms with van der Waals surface area (Å²) >= 11 is -2.11. The zero-order chi connectivity index (χ0) is 18.7. The Kier molecular flexibility index (Phi) is 5.19. The summed E-state index contributed by atoms with van der Waals surface area (Å²) in [6.45, 7) is 0. The van der Waals surface area contributed by atoms with E-state index in [1.54, 1.807) is 32.4 Å². The molecule has 136 valence electrons. The molecule has 0 bridgehead atoms. The van der Waals surface area contributed by atoms with Gasteiger partial charge in [-0.3, -0.25) is 9.27 Å². The molecule has 0 radical (unpaired) electrons. The van der Waals surface area contributed by atoms with E-state index >= 15 is 0 Å². The summed E-state index contributed by atoms with van der Waals surface area (Å²) in [4.78, 5) is 10.6. The maximum Gasteiger partial charge on any atom is 0.259 e. The van der Waals surface area contributed by atoms with Gasteiger partial charge in [-0.15, -0.1) is 0 Å². The Morgan fingerprint density at radius 2 is 1.73 bits per heavy atom. The average Bonchev–Trinajstić information content (AvgIpc) is 2.65. The lowest BCUT2D eigenvalue weighted by Gasteiger charge is -2.20. The van der Waals surface area contributed by atoms with Crippen molar-refractivity contribution in [2.24, 2.45) is 0 Å². The predicted molar refractivity (Wildman–Crippen MR) is 102 cm³/mol. The number of fused-ring (bicyclic) bond motifs is 1. The Labute approximate surface area is 153 Å². The number of nitrogens with zero attached hydrogens (tertiary/aromatic N) is 3. The van der Waals surface area contributed by atoms with Crippen LogP contribution in [0, 0.1) is 0 Å². The van der Waals surface area contributed by atoms with Crippen LogP contribution in [0.25, 0.3) is 10.9 Å². The van der Waals surface area contributed by atoms with E-state index in [9.17, 15) is 4.21 Å². The molecule has 1 aromatic heterocycles. The van der Waals surface area contributed by atoms with Crippen LogP contribution < -0.4 is 19.1 Å². The van der Waals surface area contributed by atoms with E-state index in [1.807, 2.05) is 30.1 Å². The molecule has 2 aromatic carbocycles. The van der Waals surface area contributed by atoms with E-state index in [0.717, 1.165) is 16.6 Å². The molecular weight excluding hydrogens is 356 g/mol. The molecule has 1 heterocycles. The highest BCUT2D eigenvalue weighted by Gasteiger charge is 2.14. The second kappa shape index (κ2) is 7.54. The molecule has 0 amide bonds. The molecule has 1 unspecified atom stereocenters. The monoisotopic (exact) mass is 374 g/mol. The zero-order valence-corrected chi connectivity index (χ0v) is 15.3. The molecule has 0 saturated carbocycles. The fourth-order valence-electron chi connectivity index (χ4n) is 2.61. The number of rotatable bonds is 6. The first-order chi connectivity index (χ1) is 12.5. The molecule has 0 aliphatic carbocycles. The highest BCUT2D eigenvalue weighted by molar-refractivity contribution is 7.80. The summed E-state index contributed by atoms with van der Waals surface area (Å²) in [7, 11) is 5.03. The van der Waals surface area contributed by atoms with Gasteiger partial charge in [0.25, 0.3) is 11.3 Å². The summed E-state index contributed by atoms with van der Waals surface area (Å²) < 4.78 is 32.8. The number of nitrogens with one attached hydrogen (secondary N) is 1. The maximum absolute atomic E-state index is 10.8. The molecule has 3 rings (SSSR count). The first kappa shape index (κ1) is 17.9. The lowest BCUT2D eigenvalue weighted by molar-refractivity contribution is 0.356. The first-order valence-electron chi connectivity index (χ1n) is 7.61. The fraction of sp³-hybridized carbons (Fsp3) is 0.176. The Morgan fingerprint density at radius 1 is 1.08 bits per heavy atom. The lowest BCUT2D eigenvalue weighted by atomic mass is 10.2. The number of hydrogen-bond donors (Lipinski definition) is 2. The van der Waals surface area contributed by atoms with E-state index in [4.69, 9.17) is 14.0 Å². The highest BCUT2D eigenvalue weighted by Crippen LogP contribution is 2.36. The minimum absolute atomic E-state index is 0.543. The van der Waals surface area contributed by atoms with Crippen LogP contribution in [0.2, 0.25) is 0 Å². The van der Waals surface area contributed by atoms with Gasteiger partial charge in [0.15, 0.2) is 11.5 Å². The van der Waals surface area contributed by atoms with Crippen LogP contribution in [0.4, 0.5) is 17.2 Å². The normalized spacial score (nSPS) is 11.8. The van der Waals surface area contributed by atoms with Gasteiger partial charge in [0.1, 0.15) is 12.1 Å². The molecule has 9 heteroatoms. The summed E-state index contributed by atoms with van der Waals surface area (Å²) in [6.07, 6.45) is 1.49. The van der Waals surface area contributed by atoms with Crippen molar-refractivity contribution in [3.8, 4) is 11.5 Å². The van der Waals surface area contributed by atoms with Crippen molar-refractivity contribution in [3.63, 3.8) is 0 Å². The topological polar surface area (TPSA) is 96.8 Å². The van der Waals surface area contributed by atoms with Crippen LogP contribution in [-0.2, 0) is 11.3 Å². The second-order valence-corrected chi connectivity index (χ2v) is 6.08. The smallest absolute Gasteiger partial charge is 0.259 e. The van der Waals surface area contributed by atoms with Gasteiger partial charge in [-0.2, -0.15) is 0 Å². The van der Waals surface area contributed by atoms with Crippen molar-refractivity contribution in [1.82, 2.24) is 9.97 Å². The van der Waals surface area contributed by atoms with Crippen molar-refractivity contribution in [1.29, 1.82) is 0 Å². The average molecular weight is 374 g/mol. The molecule has 2 N–H and O–H groups in total. The molecule has 26 heavy (non-hydrogen) atoms. The molecule has 1 atom stereocenters. The Morgan fingerprint density at radius 3 is 2.35 bits per heavy atom. The highest BCUT2D eigenvalue weighted by atomic mass is 32.2. The van der Waals surface area contributed by atoms with Gasteiger partial charge in [0.2, 0.25) is 0 Å². The molecule has 0 saturated heterocycles. The van der Waals surface area contributed by atoms with E-state index < -0.39 is 11.3 Å². The van der Waals surface area contributed by atoms with Crippen molar-refractivity contribution < 1.29 is 18.2 Å². The van der Waals surface area contributed by atoms with Crippen LogP contribution in [0.3, 0.4) is 0 Å². The summed E-state index contributed by atoms with van der Waals surface area (Å²) in [5.41, 5.74) is 2.13. The molecule has 0 fully saturated rings. The summed E-state index contributed by atoms with van der Waals surface area (Å²) in [5, 5.41) is 0.811. The molecule has 0 spiro atoms. The molecule has 0 aliphatic rings. The third-order valence-corrected chi connectivity index (χ3v) is 4.31. The van der Waals surface area contributed by atoms with Gasteiger partial charge in [0.05, 0.1) is 19.7 Å². The molecule has 0 aliphatic heterocycles. The fourth-order valence-corrected chi connectivity index (χ4v) is 2.95. The van der Waals surface area contributed by atoms with Crippen molar-refractivity contribution in [2.45, 2.75) is 0 Å². The standard InChI is InChI=1S/C17H18N4O4S/c1-21(12-6-4-11(5-7-12)20-26(22)23)17-13-8-15(24-2)16(25-3)9-14(13)18-10-19-17/h4-10,20H,1-3H3,(H,22,23). The quantitative estimate of drug-likeness (QED) is 0.640. The Bertz CT molecular complexity index is 949. The second-order valence-electron chi connectivity index (χ2n) is 5.38. The minimum atomic E-state index is -2.11. The van der Waals surface area contributed by atoms with Gasteiger partial charge >= 0.3 is 0 Å². The minimum Gasteiger partial charge on any atom is -0.493 e. The predicted octanol–water partition coefficient (Wildman–Crippen LogP) is 2.96. The number of anilines is 3. The number of aromatic nitrogens is 2. The summed E-state index contributed by atoms with van der Waals surface area (Å²) in [6, 6.07) is 10.7. The van der Waals surface area contributed by atoms with Gasteiger partial charge in [-0.1, -0.05) is 0 Å². The third kappa shape index (κ3) is 3.53. The lowest BCUT2D eigenvalue weighted by Crippen LogP contribution is -2.12. The van der Waals surface area contributed by atoms with E-state index in [-0.39, 0.29) is 0 Å². The van der Waals surface area contributed by atoms with Crippen molar-refractivity contribution >= 4 is 39.4 Å². The molecule has 8 nitrogen and oxygen atoms in total. The van der Waals surface area contributed by atoms with Crippen LogP contribution >= 0.6 is 0 Å². The van der Waals surface area contributed by atoms with E-state index in [1.165, 1.54) is 6.33 Å². The number of hydrogen-bond acceptors (Lipinski definition) is 6.